The van der Waals surface area contributed by atoms with Gasteiger partial charge in [-0.15, -0.1) is 0 Å². The Morgan fingerprint density at radius 3 is 2.25 bits per heavy atom. The number of halogens is 4. The average molecular weight is 753 g/mol. The van der Waals surface area contributed by atoms with Gasteiger partial charge >= 0.3 is 0 Å². The van der Waals surface area contributed by atoms with Gasteiger partial charge in [0, 0.05) is 9.50 Å². The number of benzene rings is 3. The normalized spacial score (nSPS) is 15.0. The van der Waals surface area contributed by atoms with Gasteiger partial charge < -0.3 is 4.74 Å². The predicted molar refractivity (Wildman–Crippen MR) is 150 cm³/mol. The van der Waals surface area contributed by atoms with Gasteiger partial charge in [0.1, 0.15) is 12.4 Å². The van der Waals surface area contributed by atoms with Crippen molar-refractivity contribution in [3.8, 4) is 5.75 Å². The molecule has 3 aromatic rings. The molecule has 3 aromatic carbocycles. The first-order chi connectivity index (χ1) is 15.3. The quantitative estimate of drug-likeness (QED) is 0.195. The second-order valence-corrected chi connectivity index (χ2v) is 11.4. The van der Waals surface area contributed by atoms with Crippen LogP contribution in [0.25, 0.3) is 6.08 Å². The molecule has 9 heteroatoms. The molecule has 1 fully saturated rings. The van der Waals surface area contributed by atoms with Gasteiger partial charge in [-0.3, -0.25) is 9.59 Å². The zero-order chi connectivity index (χ0) is 22.8. The van der Waals surface area contributed by atoms with Crippen molar-refractivity contribution in [1.82, 2.24) is 0 Å². The van der Waals surface area contributed by atoms with Crippen LogP contribution in [0.4, 0.5) is 10.5 Å². The fourth-order valence-corrected chi connectivity index (χ4v) is 6.33. The summed E-state index contributed by atoms with van der Waals surface area (Å²) in [6.45, 7) is 0.457. The lowest BCUT2D eigenvalue weighted by Gasteiger charge is -2.12. The predicted octanol–water partition coefficient (Wildman–Crippen LogP) is 8.13. The molecule has 0 N–H and O–H groups in total. The molecule has 1 heterocycles. The number of hydrogen-bond acceptors (Lipinski definition) is 4. The Morgan fingerprint density at radius 2 is 1.62 bits per heavy atom. The van der Waals surface area contributed by atoms with Crippen LogP contribution in [0.1, 0.15) is 11.1 Å². The van der Waals surface area contributed by atoms with E-state index in [9.17, 15) is 9.59 Å². The molecule has 162 valence electrons. The first-order valence-corrected chi connectivity index (χ1v) is 13.4. The van der Waals surface area contributed by atoms with Crippen molar-refractivity contribution < 1.29 is 14.3 Å². The lowest BCUT2D eigenvalue weighted by molar-refractivity contribution is -0.113. The lowest BCUT2D eigenvalue weighted by atomic mass is 10.2. The third kappa shape index (κ3) is 5.52. The topological polar surface area (TPSA) is 46.6 Å². The molecule has 1 saturated heterocycles. The van der Waals surface area contributed by atoms with E-state index in [4.69, 9.17) is 16.3 Å². The van der Waals surface area contributed by atoms with Gasteiger partial charge in [0.25, 0.3) is 11.1 Å². The van der Waals surface area contributed by atoms with Gasteiger partial charge in [0.05, 0.1) is 17.7 Å². The highest BCUT2D eigenvalue weighted by molar-refractivity contribution is 14.1. The van der Waals surface area contributed by atoms with Crippen molar-refractivity contribution in [2.45, 2.75) is 6.61 Å². The van der Waals surface area contributed by atoms with Crippen LogP contribution in [0, 0.1) is 7.14 Å². The highest BCUT2D eigenvalue weighted by atomic mass is 127. The summed E-state index contributed by atoms with van der Waals surface area (Å²) in [5, 5.41) is 0.213. The van der Waals surface area contributed by atoms with E-state index in [1.54, 1.807) is 30.3 Å². The fourth-order valence-electron chi connectivity index (χ4n) is 2.97. The van der Waals surface area contributed by atoms with Crippen molar-refractivity contribution >= 4 is 107 Å². The largest absolute Gasteiger partial charge is 0.487 e. The molecule has 1 aliphatic rings. The molecule has 4 rings (SSSR count). The number of rotatable bonds is 5. The number of carbonyl (C=O) groups excluding carboxylic acids is 2. The second-order valence-electron chi connectivity index (χ2n) is 6.72. The molecule has 0 bridgehead atoms. The molecular formula is C23H13BrClI2NO3S. The van der Waals surface area contributed by atoms with E-state index in [0.29, 0.717) is 22.2 Å². The van der Waals surface area contributed by atoms with E-state index in [0.717, 1.165) is 40.3 Å². The molecule has 0 aliphatic carbocycles. The van der Waals surface area contributed by atoms with E-state index in [-0.39, 0.29) is 11.1 Å². The molecular weight excluding hydrogens is 739 g/mol. The number of nitrogens with zero attached hydrogens (tertiary/aromatic N) is 1. The molecule has 4 nitrogen and oxygen atoms in total. The summed E-state index contributed by atoms with van der Waals surface area (Å²) in [4.78, 5) is 26.9. The number of thioether (sulfide) groups is 1. The summed E-state index contributed by atoms with van der Waals surface area (Å²) in [5.41, 5.74) is 2.40. The van der Waals surface area contributed by atoms with Crippen LogP contribution in [-0.2, 0) is 11.4 Å². The van der Waals surface area contributed by atoms with Crippen molar-refractivity contribution in [2.75, 3.05) is 4.90 Å². The van der Waals surface area contributed by atoms with Crippen LogP contribution in [0.5, 0.6) is 5.75 Å². The van der Waals surface area contributed by atoms with Crippen LogP contribution in [0.15, 0.2) is 70.0 Å². The minimum atomic E-state index is -0.345. The molecule has 32 heavy (non-hydrogen) atoms. The van der Waals surface area contributed by atoms with Gasteiger partial charge in [0.2, 0.25) is 0 Å². The van der Waals surface area contributed by atoms with Crippen LogP contribution in [0.2, 0.25) is 5.02 Å². The number of imide groups is 1. The first kappa shape index (κ1) is 24.1. The zero-order valence-corrected chi connectivity index (χ0v) is 23.6. The van der Waals surface area contributed by atoms with Gasteiger partial charge in [0.15, 0.2) is 0 Å². The molecule has 0 spiro atoms. The maximum absolute atomic E-state index is 12.9. The Morgan fingerprint density at radius 1 is 1.00 bits per heavy atom. The van der Waals surface area contributed by atoms with Crippen molar-refractivity contribution in [3.63, 3.8) is 0 Å². The Bertz CT molecular complexity index is 1210. The molecule has 0 aromatic heterocycles. The molecule has 0 atom stereocenters. The number of ether oxygens (including phenoxy) is 1. The van der Waals surface area contributed by atoms with Crippen molar-refractivity contribution in [3.05, 3.63) is 93.3 Å². The van der Waals surface area contributed by atoms with Crippen LogP contribution in [-0.4, -0.2) is 11.1 Å². The summed E-state index contributed by atoms with van der Waals surface area (Å²) in [5.74, 6) is 0.448. The summed E-state index contributed by atoms with van der Waals surface area (Å²) in [6, 6.07) is 18.5. The maximum Gasteiger partial charge on any atom is 0.298 e. The molecule has 2 amide bonds. The van der Waals surface area contributed by atoms with Gasteiger partial charge in [-0.05, 0) is 123 Å². The smallest absolute Gasteiger partial charge is 0.298 e. The second kappa shape index (κ2) is 10.5. The summed E-state index contributed by atoms with van der Waals surface area (Å²) < 4.78 is 8.92. The standard InChI is InChI=1S/C23H13BrClI2NO3S/c24-15-3-1-13(2-4-15)12-31-21-18(26)9-14(10-19(21)27)11-20-22(29)28(23(30)32-20)17-7-5-16(25)6-8-17/h1-11H,12H2/b20-11+. The van der Waals surface area contributed by atoms with Gasteiger partial charge in [-0.1, -0.05) is 39.7 Å². The molecule has 0 unspecified atom stereocenters. The number of amides is 2. The number of carbonyl (C=O) groups is 2. The fraction of sp³-hybridized carbons (Fsp3) is 0.0435. The number of hydrogen-bond donors (Lipinski definition) is 0. The average Bonchev–Trinajstić information content (AvgIpc) is 3.02. The van der Waals surface area contributed by atoms with E-state index < -0.39 is 0 Å². The molecule has 1 aliphatic heterocycles. The van der Waals surface area contributed by atoms with E-state index in [2.05, 4.69) is 61.1 Å². The zero-order valence-electron chi connectivity index (χ0n) is 16.2. The summed E-state index contributed by atoms with van der Waals surface area (Å²) in [7, 11) is 0. The van der Waals surface area contributed by atoms with Gasteiger partial charge in [-0.2, -0.15) is 0 Å². The Labute approximate surface area is 230 Å². The highest BCUT2D eigenvalue weighted by Crippen LogP contribution is 2.37. The van der Waals surface area contributed by atoms with Crippen LogP contribution >= 0.6 is 84.5 Å². The molecule has 0 saturated carbocycles. The van der Waals surface area contributed by atoms with E-state index >= 15 is 0 Å². The SMILES string of the molecule is O=C1S/C(=C/c2cc(I)c(OCc3ccc(Br)cc3)c(I)c2)C(=O)N1c1ccc(Cl)cc1. The minimum absolute atomic E-state index is 0.331. The third-order valence-electron chi connectivity index (χ3n) is 4.49. The minimum Gasteiger partial charge on any atom is -0.487 e. The highest BCUT2D eigenvalue weighted by Gasteiger charge is 2.36. The summed E-state index contributed by atoms with van der Waals surface area (Å²) >= 11 is 14.7. The Kier molecular flexibility index (Phi) is 7.86. The maximum atomic E-state index is 12.9. The first-order valence-electron chi connectivity index (χ1n) is 9.21. The van der Waals surface area contributed by atoms with Crippen molar-refractivity contribution in [1.29, 1.82) is 0 Å². The van der Waals surface area contributed by atoms with Crippen LogP contribution < -0.4 is 9.64 Å². The lowest BCUT2D eigenvalue weighted by Crippen LogP contribution is -2.27. The Balaban J connectivity index is 1.54. The summed E-state index contributed by atoms with van der Waals surface area (Å²) in [6.07, 6.45) is 1.74. The van der Waals surface area contributed by atoms with Crippen LogP contribution in [0.3, 0.4) is 0 Å². The van der Waals surface area contributed by atoms with Gasteiger partial charge in [-0.25, -0.2) is 4.90 Å². The Hall–Kier alpha value is -1.08. The van der Waals surface area contributed by atoms with E-state index in [1.807, 2.05) is 36.4 Å². The van der Waals surface area contributed by atoms with E-state index in [1.165, 1.54) is 4.90 Å². The van der Waals surface area contributed by atoms with Crippen molar-refractivity contribution in [2.24, 2.45) is 0 Å². The monoisotopic (exact) mass is 751 g/mol. The third-order valence-corrected chi connectivity index (χ3v) is 7.75. The number of anilines is 1. The molecule has 0 radical (unpaired) electrons.